The summed E-state index contributed by atoms with van der Waals surface area (Å²) in [7, 11) is 0. The fourth-order valence-electron chi connectivity index (χ4n) is 1.35. The van der Waals surface area contributed by atoms with Crippen LogP contribution in [0, 0.1) is 6.92 Å². The van der Waals surface area contributed by atoms with E-state index in [1.54, 1.807) is 6.07 Å². The third-order valence-corrected chi connectivity index (χ3v) is 2.24. The molecule has 0 radical (unpaired) electrons. The van der Waals surface area contributed by atoms with Gasteiger partial charge in [-0.25, -0.2) is 4.98 Å². The van der Waals surface area contributed by atoms with Gasteiger partial charge in [0.15, 0.2) is 0 Å². The molecule has 2 nitrogen and oxygen atoms in total. The highest BCUT2D eigenvalue weighted by Crippen LogP contribution is 2.15. The van der Waals surface area contributed by atoms with Crippen molar-refractivity contribution in [3.63, 3.8) is 0 Å². The van der Waals surface area contributed by atoms with Crippen molar-refractivity contribution < 1.29 is 4.79 Å². The maximum atomic E-state index is 10.9. The van der Waals surface area contributed by atoms with Gasteiger partial charge >= 0.3 is 0 Å². The van der Waals surface area contributed by atoms with Crippen molar-refractivity contribution in [1.82, 2.24) is 4.98 Å². The Morgan fingerprint density at radius 2 is 2.07 bits per heavy atom. The lowest BCUT2D eigenvalue weighted by molar-refractivity contribution is 0.107. The lowest BCUT2D eigenvalue weighted by Gasteiger charge is -1.99. The molecule has 0 unspecified atom stereocenters. The molecule has 14 heavy (non-hydrogen) atoms. The van der Waals surface area contributed by atoms with Crippen LogP contribution < -0.4 is 0 Å². The number of rotatable bonds is 1. The minimum Gasteiger partial charge on any atom is -0.274 e. The molecule has 0 N–H and O–H groups in total. The molecular weight excluding hydrogens is 198 g/mol. The average Bonchev–Trinajstić information content (AvgIpc) is 2.16. The van der Waals surface area contributed by atoms with Crippen molar-refractivity contribution in [2.24, 2.45) is 0 Å². The molecule has 0 fully saturated rings. The van der Waals surface area contributed by atoms with Crippen molar-refractivity contribution in [1.29, 1.82) is 0 Å². The first kappa shape index (κ1) is 9.16. The molecule has 0 aliphatic rings. The minimum atomic E-state index is -0.521. The lowest BCUT2D eigenvalue weighted by atomic mass is 10.1. The van der Waals surface area contributed by atoms with E-state index in [0.29, 0.717) is 5.69 Å². The van der Waals surface area contributed by atoms with Gasteiger partial charge in [0.1, 0.15) is 5.69 Å². The molecule has 3 heteroatoms. The molecule has 0 saturated heterocycles. The third kappa shape index (κ3) is 1.61. The highest BCUT2D eigenvalue weighted by Gasteiger charge is 2.03. The predicted octanol–water partition coefficient (Wildman–Crippen LogP) is 2.92. The second kappa shape index (κ2) is 3.39. The van der Waals surface area contributed by atoms with Crippen LogP contribution in [0.15, 0.2) is 30.3 Å². The minimum absolute atomic E-state index is 0.294. The molecule has 0 amide bonds. The SMILES string of the molecule is Cc1ccc2nc(C(=O)Cl)ccc2c1. The van der Waals surface area contributed by atoms with E-state index in [1.807, 2.05) is 31.2 Å². The maximum absolute atomic E-state index is 10.9. The van der Waals surface area contributed by atoms with E-state index in [4.69, 9.17) is 11.6 Å². The largest absolute Gasteiger partial charge is 0.274 e. The predicted molar refractivity (Wildman–Crippen MR) is 56.7 cm³/mol. The molecule has 70 valence electrons. The zero-order chi connectivity index (χ0) is 10.1. The molecule has 0 aliphatic heterocycles. The summed E-state index contributed by atoms with van der Waals surface area (Å²) in [5.74, 6) is 0. The monoisotopic (exact) mass is 205 g/mol. The summed E-state index contributed by atoms with van der Waals surface area (Å²) in [5, 5.41) is 0.499. The van der Waals surface area contributed by atoms with Crippen LogP contribution in [-0.2, 0) is 0 Å². The van der Waals surface area contributed by atoms with E-state index in [-0.39, 0.29) is 0 Å². The summed E-state index contributed by atoms with van der Waals surface area (Å²) >= 11 is 5.33. The number of carbonyl (C=O) groups excluding carboxylic acids is 1. The van der Waals surface area contributed by atoms with Crippen molar-refractivity contribution in [3.8, 4) is 0 Å². The fourth-order valence-corrected chi connectivity index (χ4v) is 1.46. The van der Waals surface area contributed by atoms with E-state index in [1.165, 1.54) is 5.56 Å². The first-order valence-electron chi connectivity index (χ1n) is 4.24. The number of benzene rings is 1. The third-order valence-electron chi connectivity index (χ3n) is 2.05. The van der Waals surface area contributed by atoms with Crippen molar-refractivity contribution >= 4 is 27.7 Å². The molecule has 1 aromatic heterocycles. The standard InChI is InChI=1S/C11H8ClNO/c1-7-2-4-9-8(6-7)3-5-10(13-9)11(12)14/h2-6H,1H3. The Labute approximate surface area is 86.5 Å². The van der Waals surface area contributed by atoms with Crippen molar-refractivity contribution in [3.05, 3.63) is 41.6 Å². The number of aryl methyl sites for hydroxylation is 1. The summed E-state index contributed by atoms with van der Waals surface area (Å²) in [4.78, 5) is 15.0. The molecule has 0 spiro atoms. The second-order valence-electron chi connectivity index (χ2n) is 3.17. The number of hydrogen-bond donors (Lipinski definition) is 0. The Balaban J connectivity index is 2.67. The number of hydrogen-bond acceptors (Lipinski definition) is 2. The topological polar surface area (TPSA) is 30.0 Å². The quantitative estimate of drug-likeness (QED) is 0.670. The number of halogens is 1. The van der Waals surface area contributed by atoms with Gasteiger partial charge < -0.3 is 0 Å². The number of nitrogens with zero attached hydrogens (tertiary/aromatic N) is 1. The Hall–Kier alpha value is -1.41. The second-order valence-corrected chi connectivity index (χ2v) is 3.51. The van der Waals surface area contributed by atoms with Crippen LogP contribution in [-0.4, -0.2) is 10.2 Å². The molecule has 2 rings (SSSR count). The fraction of sp³-hybridized carbons (Fsp3) is 0.0909. The van der Waals surface area contributed by atoms with E-state index < -0.39 is 5.24 Å². The number of pyridine rings is 1. The number of carbonyl (C=O) groups is 1. The Bertz CT molecular complexity index is 508. The molecule has 0 aliphatic carbocycles. The van der Waals surface area contributed by atoms with Gasteiger partial charge in [0.05, 0.1) is 5.52 Å². The highest BCUT2D eigenvalue weighted by molar-refractivity contribution is 6.67. The lowest BCUT2D eigenvalue weighted by Crippen LogP contribution is -1.93. The van der Waals surface area contributed by atoms with Crippen LogP contribution in [0.3, 0.4) is 0 Å². The molecule has 0 saturated carbocycles. The van der Waals surface area contributed by atoms with Crippen molar-refractivity contribution in [2.75, 3.05) is 0 Å². The van der Waals surface area contributed by atoms with Gasteiger partial charge in [0, 0.05) is 5.39 Å². The van der Waals surface area contributed by atoms with E-state index in [2.05, 4.69) is 4.98 Å². The summed E-state index contributed by atoms with van der Waals surface area (Å²) in [6.07, 6.45) is 0. The number of fused-ring (bicyclic) bond motifs is 1. The van der Waals surface area contributed by atoms with Gasteiger partial charge in [-0.2, -0.15) is 0 Å². The Kier molecular flexibility index (Phi) is 2.22. The van der Waals surface area contributed by atoms with Gasteiger partial charge in [0.2, 0.25) is 0 Å². The average molecular weight is 206 g/mol. The van der Waals surface area contributed by atoms with E-state index in [9.17, 15) is 4.79 Å². The zero-order valence-corrected chi connectivity index (χ0v) is 8.38. The van der Waals surface area contributed by atoms with E-state index in [0.717, 1.165) is 10.9 Å². The first-order valence-corrected chi connectivity index (χ1v) is 4.62. The van der Waals surface area contributed by atoms with Crippen LogP contribution in [0.5, 0.6) is 0 Å². The van der Waals surface area contributed by atoms with Crippen LogP contribution >= 0.6 is 11.6 Å². The molecule has 0 bridgehead atoms. The maximum Gasteiger partial charge on any atom is 0.270 e. The van der Waals surface area contributed by atoms with Crippen molar-refractivity contribution in [2.45, 2.75) is 6.92 Å². The first-order chi connectivity index (χ1) is 6.66. The van der Waals surface area contributed by atoms with Gasteiger partial charge in [-0.05, 0) is 36.7 Å². The van der Waals surface area contributed by atoms with Crippen LogP contribution in [0.2, 0.25) is 0 Å². The highest BCUT2D eigenvalue weighted by atomic mass is 35.5. The molecule has 2 aromatic rings. The van der Waals surface area contributed by atoms with Gasteiger partial charge in [-0.1, -0.05) is 17.7 Å². The number of aromatic nitrogens is 1. The van der Waals surface area contributed by atoms with Crippen LogP contribution in [0.4, 0.5) is 0 Å². The summed E-state index contributed by atoms with van der Waals surface area (Å²) < 4.78 is 0. The summed E-state index contributed by atoms with van der Waals surface area (Å²) in [5.41, 5.74) is 2.26. The van der Waals surface area contributed by atoms with Gasteiger partial charge in [-0.15, -0.1) is 0 Å². The zero-order valence-electron chi connectivity index (χ0n) is 7.62. The van der Waals surface area contributed by atoms with Gasteiger partial charge in [-0.3, -0.25) is 4.79 Å². The smallest absolute Gasteiger partial charge is 0.270 e. The Morgan fingerprint density at radius 3 is 2.79 bits per heavy atom. The summed E-state index contributed by atoms with van der Waals surface area (Å²) in [6, 6.07) is 9.35. The summed E-state index contributed by atoms with van der Waals surface area (Å²) in [6.45, 7) is 2.01. The van der Waals surface area contributed by atoms with Crippen LogP contribution in [0.25, 0.3) is 10.9 Å². The van der Waals surface area contributed by atoms with Crippen LogP contribution in [0.1, 0.15) is 16.1 Å². The normalized spacial score (nSPS) is 10.4. The van der Waals surface area contributed by atoms with Gasteiger partial charge in [0.25, 0.3) is 5.24 Å². The molecule has 1 heterocycles. The Morgan fingerprint density at radius 1 is 1.29 bits per heavy atom. The molecule has 0 atom stereocenters. The van der Waals surface area contributed by atoms with E-state index >= 15 is 0 Å². The molecule has 1 aromatic carbocycles. The molecular formula is C11H8ClNO.